The number of carbonyl (C=O) groups excluding carboxylic acids is 1. The second-order valence-electron chi connectivity index (χ2n) is 8.05. The Morgan fingerprint density at radius 3 is 3.08 bits per heavy atom. The monoisotopic (exact) mass is 338 g/mol. The first-order valence-electron chi connectivity index (χ1n) is 9.20. The Labute approximate surface area is 147 Å². The van der Waals surface area contributed by atoms with Crippen LogP contribution in [0.25, 0.3) is 0 Å². The van der Waals surface area contributed by atoms with E-state index in [4.69, 9.17) is 9.47 Å². The Morgan fingerprint density at radius 2 is 2.28 bits per heavy atom. The summed E-state index contributed by atoms with van der Waals surface area (Å²) in [6.07, 6.45) is 4.10. The highest BCUT2D eigenvalue weighted by Crippen LogP contribution is 2.72. The number of allylic oxidation sites excluding steroid dienone is 1. The van der Waals surface area contributed by atoms with Crippen molar-refractivity contribution in [3.63, 3.8) is 0 Å². The van der Waals surface area contributed by atoms with Gasteiger partial charge in [-0.05, 0) is 30.9 Å². The highest BCUT2D eigenvalue weighted by Gasteiger charge is 2.82. The number of nitrogens with zero attached hydrogens (tertiary/aromatic N) is 1. The Bertz CT molecular complexity index is 836. The van der Waals surface area contributed by atoms with Gasteiger partial charge in [0, 0.05) is 18.7 Å². The molecule has 3 saturated heterocycles. The summed E-state index contributed by atoms with van der Waals surface area (Å²) < 4.78 is 12.0. The summed E-state index contributed by atoms with van der Waals surface area (Å²) in [6.45, 7) is 2.99. The molecule has 130 valence electrons. The summed E-state index contributed by atoms with van der Waals surface area (Å²) in [5, 5.41) is 3.73. The van der Waals surface area contributed by atoms with Gasteiger partial charge in [0.2, 0.25) is 0 Å². The van der Waals surface area contributed by atoms with Crippen LogP contribution in [0.15, 0.2) is 35.9 Å². The van der Waals surface area contributed by atoms with Crippen LogP contribution in [-0.2, 0) is 19.7 Å². The molecular formula is C20H22N2O3. The molecule has 4 bridgehead atoms. The molecule has 25 heavy (non-hydrogen) atoms. The molecule has 1 N–H and O–H groups in total. The topological polar surface area (TPSA) is 50.8 Å². The molecule has 1 aromatic rings. The number of benzene rings is 1. The first kappa shape index (κ1) is 14.3. The number of rotatable bonds is 1. The summed E-state index contributed by atoms with van der Waals surface area (Å²) in [6, 6.07) is 8.74. The lowest BCUT2D eigenvalue weighted by Gasteiger charge is -2.60. The zero-order valence-electron chi connectivity index (χ0n) is 14.5. The van der Waals surface area contributed by atoms with Crippen molar-refractivity contribution in [1.82, 2.24) is 4.90 Å². The van der Waals surface area contributed by atoms with Crippen molar-refractivity contribution in [2.75, 3.05) is 19.0 Å². The third-order valence-electron chi connectivity index (χ3n) is 7.53. The largest absolute Gasteiger partial charge is 0.469 e. The van der Waals surface area contributed by atoms with Crippen LogP contribution in [0.4, 0.5) is 5.69 Å². The molecule has 5 aliphatic rings. The summed E-state index contributed by atoms with van der Waals surface area (Å²) >= 11 is 0. The van der Waals surface area contributed by atoms with Crippen molar-refractivity contribution >= 4 is 11.7 Å². The number of fused-ring (bicyclic) bond motifs is 4. The zero-order valence-corrected chi connectivity index (χ0v) is 14.5. The maximum Gasteiger partial charge on any atom is 0.310 e. The number of hydrogen-bond donors (Lipinski definition) is 1. The fourth-order valence-corrected chi connectivity index (χ4v) is 6.75. The van der Waals surface area contributed by atoms with Gasteiger partial charge in [-0.2, -0.15) is 0 Å². The minimum atomic E-state index is -0.490. The number of nitrogens with one attached hydrogen (secondary N) is 1. The minimum Gasteiger partial charge on any atom is -0.469 e. The number of hydrogen-bond acceptors (Lipinski definition) is 5. The lowest BCUT2D eigenvalue weighted by atomic mass is 9.49. The minimum absolute atomic E-state index is 0.0780. The van der Waals surface area contributed by atoms with Gasteiger partial charge < -0.3 is 14.8 Å². The Morgan fingerprint density at radius 1 is 1.44 bits per heavy atom. The molecule has 4 aliphatic heterocycles. The molecule has 1 aromatic carbocycles. The van der Waals surface area contributed by atoms with Gasteiger partial charge in [-0.3, -0.25) is 9.69 Å². The average Bonchev–Trinajstić information content (AvgIpc) is 3.22. The van der Waals surface area contributed by atoms with E-state index in [0.717, 1.165) is 25.1 Å². The highest BCUT2D eigenvalue weighted by molar-refractivity contribution is 5.81. The van der Waals surface area contributed by atoms with Gasteiger partial charge in [0.25, 0.3) is 0 Å². The van der Waals surface area contributed by atoms with Gasteiger partial charge in [-0.25, -0.2) is 0 Å². The quantitative estimate of drug-likeness (QED) is 0.629. The third kappa shape index (κ3) is 1.30. The van der Waals surface area contributed by atoms with Gasteiger partial charge >= 0.3 is 5.97 Å². The Balaban J connectivity index is 1.67. The van der Waals surface area contributed by atoms with Crippen LogP contribution in [0.2, 0.25) is 0 Å². The van der Waals surface area contributed by atoms with Crippen molar-refractivity contribution in [2.45, 2.75) is 43.2 Å². The van der Waals surface area contributed by atoms with E-state index in [9.17, 15) is 4.79 Å². The van der Waals surface area contributed by atoms with Crippen molar-refractivity contribution in [1.29, 1.82) is 0 Å². The number of piperidine rings is 2. The predicted octanol–water partition coefficient (Wildman–Crippen LogP) is 2.25. The van der Waals surface area contributed by atoms with E-state index in [-0.39, 0.29) is 29.4 Å². The molecule has 0 unspecified atom stereocenters. The summed E-state index contributed by atoms with van der Waals surface area (Å²) in [5.74, 6) is -0.0451. The molecule has 5 heteroatoms. The van der Waals surface area contributed by atoms with E-state index in [1.807, 2.05) is 0 Å². The zero-order chi connectivity index (χ0) is 17.0. The number of ether oxygens (including phenoxy) is 2. The first-order chi connectivity index (χ1) is 12.2. The summed E-state index contributed by atoms with van der Waals surface area (Å²) in [4.78, 5) is 15.6. The Hall–Kier alpha value is -1.85. The van der Waals surface area contributed by atoms with E-state index in [1.54, 1.807) is 0 Å². The number of carbonyl (C=O) groups is 1. The highest BCUT2D eigenvalue weighted by atomic mass is 16.6. The van der Waals surface area contributed by atoms with Crippen molar-refractivity contribution in [2.24, 2.45) is 11.8 Å². The lowest BCUT2D eigenvalue weighted by Crippen LogP contribution is -2.73. The van der Waals surface area contributed by atoms with Crippen LogP contribution in [0, 0.1) is 11.8 Å². The average molecular weight is 338 g/mol. The van der Waals surface area contributed by atoms with Gasteiger partial charge in [-0.1, -0.05) is 29.8 Å². The SMILES string of the molecule is C/C=C1/CN2[C@@H]3C[C@@]45c6ccccc6N[C@]4(O3)[C@@H]2C[C@H]1[C@H]5C(=O)OC. The molecule has 4 fully saturated rings. The molecule has 0 aromatic heterocycles. The standard InChI is InChI=1S/C20H22N2O3/c1-3-11-10-22-15-8-12(11)17(18(23)24-2)19-9-16(22)25-20(15,19)21-14-7-5-4-6-13(14)19/h3-7,12,15-17,21H,8-10H2,1-2H3/b11-3-/t12-,15+,16+,17+,19+,20+/m1/s1. The van der Waals surface area contributed by atoms with E-state index in [0.29, 0.717) is 6.04 Å². The van der Waals surface area contributed by atoms with Crippen LogP contribution in [0.5, 0.6) is 0 Å². The molecule has 1 saturated carbocycles. The van der Waals surface area contributed by atoms with Crippen LogP contribution in [0.3, 0.4) is 0 Å². The van der Waals surface area contributed by atoms with E-state index in [2.05, 4.69) is 47.5 Å². The smallest absolute Gasteiger partial charge is 0.310 e. The van der Waals surface area contributed by atoms with Crippen molar-refractivity contribution in [3.8, 4) is 0 Å². The molecule has 1 spiro atoms. The van der Waals surface area contributed by atoms with Crippen LogP contribution < -0.4 is 5.32 Å². The molecular weight excluding hydrogens is 316 g/mol. The maximum atomic E-state index is 13.1. The number of anilines is 1. The lowest BCUT2D eigenvalue weighted by molar-refractivity contribution is -0.161. The van der Waals surface area contributed by atoms with Gasteiger partial charge in [0.15, 0.2) is 5.72 Å². The number of esters is 1. The van der Waals surface area contributed by atoms with E-state index >= 15 is 0 Å². The number of methoxy groups -OCH3 is 1. The van der Waals surface area contributed by atoms with Crippen molar-refractivity contribution < 1.29 is 14.3 Å². The normalized spacial score (nSPS) is 46.9. The van der Waals surface area contributed by atoms with Crippen LogP contribution >= 0.6 is 0 Å². The molecule has 5 nitrogen and oxygen atoms in total. The summed E-state index contributed by atoms with van der Waals surface area (Å²) in [7, 11) is 1.52. The second-order valence-corrected chi connectivity index (χ2v) is 8.05. The number of para-hydroxylation sites is 1. The Kier molecular flexibility index (Phi) is 2.45. The predicted molar refractivity (Wildman–Crippen MR) is 91.8 cm³/mol. The van der Waals surface area contributed by atoms with Crippen LogP contribution in [0.1, 0.15) is 25.3 Å². The molecule has 4 heterocycles. The maximum absolute atomic E-state index is 13.1. The summed E-state index contributed by atoms with van der Waals surface area (Å²) in [5.41, 5.74) is 2.89. The second kappa shape index (κ2) is 4.27. The van der Waals surface area contributed by atoms with E-state index in [1.165, 1.54) is 18.2 Å². The molecule has 0 radical (unpaired) electrons. The molecule has 6 atom stereocenters. The van der Waals surface area contributed by atoms with Gasteiger partial charge in [0.05, 0.1) is 24.5 Å². The van der Waals surface area contributed by atoms with Crippen molar-refractivity contribution in [3.05, 3.63) is 41.5 Å². The first-order valence-corrected chi connectivity index (χ1v) is 9.20. The van der Waals surface area contributed by atoms with Gasteiger partial charge in [0.1, 0.15) is 6.23 Å². The third-order valence-corrected chi connectivity index (χ3v) is 7.53. The fraction of sp³-hybridized carbons (Fsp3) is 0.550. The van der Waals surface area contributed by atoms with E-state index < -0.39 is 5.72 Å². The molecule has 0 amide bonds. The van der Waals surface area contributed by atoms with Gasteiger partial charge in [-0.15, -0.1) is 0 Å². The van der Waals surface area contributed by atoms with Crippen LogP contribution in [-0.4, -0.2) is 42.5 Å². The molecule has 1 aliphatic carbocycles. The molecule has 6 rings (SSSR count). The fourth-order valence-electron chi connectivity index (χ4n) is 6.75.